The summed E-state index contributed by atoms with van der Waals surface area (Å²) in [5.74, 6) is 0.0790. The SMILES string of the molecule is CCNC(C)CC(=O)NC1CC(O)C1. The molecule has 0 spiro atoms. The average molecular weight is 200 g/mol. The van der Waals surface area contributed by atoms with Crippen molar-refractivity contribution in [1.29, 1.82) is 0 Å². The zero-order valence-corrected chi connectivity index (χ0v) is 8.92. The number of rotatable bonds is 5. The highest BCUT2D eigenvalue weighted by Crippen LogP contribution is 2.19. The minimum absolute atomic E-state index is 0.0790. The molecule has 0 aromatic heterocycles. The molecule has 3 N–H and O–H groups in total. The van der Waals surface area contributed by atoms with Crippen molar-refractivity contribution in [2.45, 2.75) is 51.3 Å². The van der Waals surface area contributed by atoms with E-state index in [9.17, 15) is 4.79 Å². The lowest BCUT2D eigenvalue weighted by Crippen LogP contribution is -2.47. The number of hydrogen-bond acceptors (Lipinski definition) is 3. The van der Waals surface area contributed by atoms with Gasteiger partial charge in [-0.3, -0.25) is 4.79 Å². The van der Waals surface area contributed by atoms with Crippen molar-refractivity contribution in [2.75, 3.05) is 6.54 Å². The molecule has 1 atom stereocenters. The van der Waals surface area contributed by atoms with Crippen LogP contribution in [0.3, 0.4) is 0 Å². The molecule has 4 heteroatoms. The third-order valence-electron chi connectivity index (χ3n) is 2.52. The van der Waals surface area contributed by atoms with Gasteiger partial charge in [0.15, 0.2) is 0 Å². The molecule has 0 aliphatic heterocycles. The van der Waals surface area contributed by atoms with Crippen LogP contribution in [0.15, 0.2) is 0 Å². The Labute approximate surface area is 85.1 Å². The third kappa shape index (κ3) is 3.64. The summed E-state index contributed by atoms with van der Waals surface area (Å²) in [6, 6.07) is 0.427. The van der Waals surface area contributed by atoms with Crippen LogP contribution in [0.4, 0.5) is 0 Å². The molecule has 14 heavy (non-hydrogen) atoms. The van der Waals surface area contributed by atoms with Crippen LogP contribution in [0.2, 0.25) is 0 Å². The largest absolute Gasteiger partial charge is 0.393 e. The normalized spacial score (nSPS) is 27.9. The molecule has 4 nitrogen and oxygen atoms in total. The van der Waals surface area contributed by atoms with Crippen LogP contribution in [0.25, 0.3) is 0 Å². The number of aliphatic hydroxyl groups excluding tert-OH is 1. The first kappa shape index (κ1) is 11.5. The Hall–Kier alpha value is -0.610. The van der Waals surface area contributed by atoms with Crippen molar-refractivity contribution in [2.24, 2.45) is 0 Å². The summed E-state index contributed by atoms with van der Waals surface area (Å²) >= 11 is 0. The first-order chi connectivity index (χ1) is 6.61. The van der Waals surface area contributed by atoms with Gasteiger partial charge < -0.3 is 15.7 Å². The number of carbonyl (C=O) groups excluding carboxylic acids is 1. The Kier molecular flexibility index (Phi) is 4.35. The lowest BCUT2D eigenvalue weighted by atomic mass is 9.89. The summed E-state index contributed by atoms with van der Waals surface area (Å²) in [4.78, 5) is 11.4. The van der Waals surface area contributed by atoms with Crippen LogP contribution < -0.4 is 10.6 Å². The van der Waals surface area contributed by atoms with Gasteiger partial charge in [-0.15, -0.1) is 0 Å². The van der Waals surface area contributed by atoms with E-state index in [1.54, 1.807) is 0 Å². The predicted octanol–water partition coefficient (Wildman–Crippen LogP) is 0.0140. The fourth-order valence-electron chi connectivity index (χ4n) is 1.69. The first-order valence-electron chi connectivity index (χ1n) is 5.32. The van der Waals surface area contributed by atoms with E-state index in [1.165, 1.54) is 0 Å². The van der Waals surface area contributed by atoms with Crippen molar-refractivity contribution in [3.05, 3.63) is 0 Å². The Morgan fingerprint density at radius 3 is 2.71 bits per heavy atom. The Bertz CT molecular complexity index is 182. The molecule has 0 heterocycles. The highest BCUT2D eigenvalue weighted by molar-refractivity contribution is 5.76. The Morgan fingerprint density at radius 1 is 1.57 bits per heavy atom. The highest BCUT2D eigenvalue weighted by Gasteiger charge is 2.28. The van der Waals surface area contributed by atoms with E-state index in [2.05, 4.69) is 10.6 Å². The van der Waals surface area contributed by atoms with Gasteiger partial charge in [0.25, 0.3) is 0 Å². The summed E-state index contributed by atoms with van der Waals surface area (Å²) in [6.07, 6.45) is 1.73. The summed E-state index contributed by atoms with van der Waals surface area (Å²) in [5, 5.41) is 15.1. The molecule has 0 bridgehead atoms. The molecule has 0 aromatic carbocycles. The summed E-state index contributed by atoms with van der Waals surface area (Å²) in [5.41, 5.74) is 0. The van der Waals surface area contributed by atoms with Crippen LogP contribution in [0.1, 0.15) is 33.1 Å². The second-order valence-electron chi connectivity index (χ2n) is 4.05. The van der Waals surface area contributed by atoms with E-state index in [0.29, 0.717) is 19.3 Å². The van der Waals surface area contributed by atoms with Crippen LogP contribution in [0.5, 0.6) is 0 Å². The Morgan fingerprint density at radius 2 is 2.21 bits per heavy atom. The second kappa shape index (κ2) is 5.32. The molecular weight excluding hydrogens is 180 g/mol. The molecule has 1 aliphatic rings. The van der Waals surface area contributed by atoms with E-state index in [1.807, 2.05) is 13.8 Å². The molecule has 1 aliphatic carbocycles. The first-order valence-corrected chi connectivity index (χ1v) is 5.32. The molecule has 0 saturated heterocycles. The monoisotopic (exact) mass is 200 g/mol. The lowest BCUT2D eigenvalue weighted by Gasteiger charge is -2.32. The van der Waals surface area contributed by atoms with Crippen LogP contribution in [0, 0.1) is 0 Å². The number of aliphatic hydroxyl groups is 1. The molecule has 1 saturated carbocycles. The predicted molar refractivity (Wildman–Crippen MR) is 54.9 cm³/mol. The number of amides is 1. The highest BCUT2D eigenvalue weighted by atomic mass is 16.3. The summed E-state index contributed by atoms with van der Waals surface area (Å²) in [7, 11) is 0. The molecule has 1 unspecified atom stereocenters. The van der Waals surface area contributed by atoms with Gasteiger partial charge in [-0.25, -0.2) is 0 Å². The zero-order valence-electron chi connectivity index (χ0n) is 8.92. The third-order valence-corrected chi connectivity index (χ3v) is 2.52. The topological polar surface area (TPSA) is 61.4 Å². The van der Waals surface area contributed by atoms with E-state index < -0.39 is 0 Å². The number of nitrogens with one attached hydrogen (secondary N) is 2. The maximum atomic E-state index is 11.4. The number of carbonyl (C=O) groups is 1. The van der Waals surface area contributed by atoms with Crippen molar-refractivity contribution in [1.82, 2.24) is 10.6 Å². The van der Waals surface area contributed by atoms with Crippen molar-refractivity contribution in [3.63, 3.8) is 0 Å². The fourth-order valence-corrected chi connectivity index (χ4v) is 1.69. The van der Waals surface area contributed by atoms with Gasteiger partial charge in [0.05, 0.1) is 6.10 Å². The van der Waals surface area contributed by atoms with E-state index >= 15 is 0 Å². The molecule has 0 aromatic rings. The van der Waals surface area contributed by atoms with Gasteiger partial charge in [-0.1, -0.05) is 6.92 Å². The van der Waals surface area contributed by atoms with Crippen LogP contribution in [-0.2, 0) is 4.79 Å². The maximum Gasteiger partial charge on any atom is 0.221 e. The smallest absolute Gasteiger partial charge is 0.221 e. The van der Waals surface area contributed by atoms with E-state index in [-0.39, 0.29) is 24.1 Å². The van der Waals surface area contributed by atoms with Gasteiger partial charge >= 0.3 is 0 Å². The fraction of sp³-hybridized carbons (Fsp3) is 0.900. The molecule has 0 radical (unpaired) electrons. The van der Waals surface area contributed by atoms with Gasteiger partial charge in [-0.05, 0) is 26.3 Å². The van der Waals surface area contributed by atoms with Crippen molar-refractivity contribution >= 4 is 5.91 Å². The van der Waals surface area contributed by atoms with Gasteiger partial charge in [0.2, 0.25) is 5.91 Å². The zero-order chi connectivity index (χ0) is 10.6. The second-order valence-corrected chi connectivity index (χ2v) is 4.05. The molecule has 1 fully saturated rings. The standard InChI is InChI=1S/C10H20N2O2/c1-3-11-7(2)4-10(14)12-8-5-9(13)6-8/h7-9,11,13H,3-6H2,1-2H3,(H,12,14). The van der Waals surface area contributed by atoms with Gasteiger partial charge in [0, 0.05) is 18.5 Å². The summed E-state index contributed by atoms with van der Waals surface area (Å²) in [6.45, 7) is 4.91. The van der Waals surface area contributed by atoms with E-state index in [0.717, 1.165) is 6.54 Å². The van der Waals surface area contributed by atoms with Gasteiger partial charge in [-0.2, -0.15) is 0 Å². The summed E-state index contributed by atoms with van der Waals surface area (Å²) < 4.78 is 0. The van der Waals surface area contributed by atoms with Crippen molar-refractivity contribution in [3.8, 4) is 0 Å². The van der Waals surface area contributed by atoms with Crippen molar-refractivity contribution < 1.29 is 9.90 Å². The molecule has 1 amide bonds. The molecular formula is C10H20N2O2. The van der Waals surface area contributed by atoms with E-state index in [4.69, 9.17) is 5.11 Å². The Balaban J connectivity index is 2.09. The molecule has 1 rings (SSSR count). The van der Waals surface area contributed by atoms with Crippen LogP contribution in [-0.4, -0.2) is 35.7 Å². The quantitative estimate of drug-likeness (QED) is 0.586. The van der Waals surface area contributed by atoms with Gasteiger partial charge in [0.1, 0.15) is 0 Å². The van der Waals surface area contributed by atoms with Crippen LogP contribution >= 0.6 is 0 Å². The number of hydrogen-bond donors (Lipinski definition) is 3. The molecule has 82 valence electrons. The minimum atomic E-state index is -0.202. The average Bonchev–Trinajstić information content (AvgIpc) is 2.01. The maximum absolute atomic E-state index is 11.4. The lowest BCUT2D eigenvalue weighted by molar-refractivity contribution is -0.123. The minimum Gasteiger partial charge on any atom is -0.393 e.